The van der Waals surface area contributed by atoms with Crippen molar-refractivity contribution in [3.63, 3.8) is 0 Å². The van der Waals surface area contributed by atoms with Crippen molar-refractivity contribution in [3.8, 4) is 0 Å². The van der Waals surface area contributed by atoms with E-state index in [-0.39, 0.29) is 5.69 Å². The molecule has 0 unspecified atom stereocenters. The van der Waals surface area contributed by atoms with Crippen molar-refractivity contribution in [1.29, 1.82) is 0 Å². The average molecular weight is 292 g/mol. The lowest BCUT2D eigenvalue weighted by atomic mass is 10.3. The van der Waals surface area contributed by atoms with E-state index in [1.807, 2.05) is 0 Å². The first-order chi connectivity index (χ1) is 9.26. The van der Waals surface area contributed by atoms with Crippen molar-refractivity contribution in [2.75, 3.05) is 6.54 Å². The lowest BCUT2D eigenvalue weighted by molar-refractivity contribution is -0.141. The number of rotatable bonds is 5. The molecule has 1 heterocycles. The minimum atomic E-state index is -4.49. The summed E-state index contributed by atoms with van der Waals surface area (Å²) in [6.07, 6.45) is -2.42. The number of aliphatic carboxylic acids is 1. The molecule has 1 N–H and O–H groups in total. The minimum Gasteiger partial charge on any atom is -0.480 e. The second-order valence-corrected chi connectivity index (χ2v) is 4.47. The number of carboxylic acids is 1. The van der Waals surface area contributed by atoms with Gasteiger partial charge in [0.1, 0.15) is 13.1 Å². The van der Waals surface area contributed by atoms with Crippen LogP contribution in [0.2, 0.25) is 0 Å². The number of carbonyl (C=O) groups excluding carboxylic acids is 1. The fourth-order valence-corrected chi connectivity index (χ4v) is 1.71. The molecular formula is C10H11F3N4O3. The number of amides is 1. The average Bonchev–Trinajstić information content (AvgIpc) is 3.04. The molecule has 0 atom stereocenters. The zero-order valence-electron chi connectivity index (χ0n) is 10.2. The Bertz CT molecular complexity index is 524. The fraction of sp³-hybridized carbons (Fsp3) is 0.600. The molecule has 1 aromatic rings. The number of carbonyl (C=O) groups is 2. The van der Waals surface area contributed by atoms with E-state index in [9.17, 15) is 22.8 Å². The Morgan fingerprint density at radius 2 is 2.10 bits per heavy atom. The van der Waals surface area contributed by atoms with Gasteiger partial charge in [0.15, 0.2) is 5.69 Å². The van der Waals surface area contributed by atoms with Crippen LogP contribution in [-0.2, 0) is 11.3 Å². The van der Waals surface area contributed by atoms with Crippen molar-refractivity contribution in [1.82, 2.24) is 19.9 Å². The van der Waals surface area contributed by atoms with Crippen LogP contribution in [0.15, 0.2) is 6.20 Å². The molecule has 1 fully saturated rings. The monoisotopic (exact) mass is 292 g/mol. The standard InChI is InChI=1S/C10H11F3N4O3/c11-10(12,13)5-17(6-1-2-6)9(20)7-3-16(15-14-7)4-8(18)19/h3,6H,1-2,4-5H2,(H,18,19). The van der Waals surface area contributed by atoms with E-state index in [1.54, 1.807) is 0 Å². The number of hydrogen-bond donors (Lipinski definition) is 1. The molecule has 0 saturated heterocycles. The van der Waals surface area contributed by atoms with Gasteiger partial charge in [-0.2, -0.15) is 13.2 Å². The molecule has 0 radical (unpaired) electrons. The van der Waals surface area contributed by atoms with Crippen molar-refractivity contribution in [3.05, 3.63) is 11.9 Å². The summed E-state index contributed by atoms with van der Waals surface area (Å²) < 4.78 is 38.2. The first-order valence-corrected chi connectivity index (χ1v) is 5.76. The van der Waals surface area contributed by atoms with Crippen molar-refractivity contribution >= 4 is 11.9 Å². The Hall–Kier alpha value is -2.13. The highest BCUT2D eigenvalue weighted by Gasteiger charge is 2.41. The summed E-state index contributed by atoms with van der Waals surface area (Å²) in [5, 5.41) is 15.4. The Morgan fingerprint density at radius 1 is 1.45 bits per heavy atom. The Kier molecular flexibility index (Phi) is 3.64. The number of hydrogen-bond acceptors (Lipinski definition) is 4. The van der Waals surface area contributed by atoms with Gasteiger partial charge in [-0.1, -0.05) is 5.21 Å². The third kappa shape index (κ3) is 3.68. The smallest absolute Gasteiger partial charge is 0.406 e. The second-order valence-electron chi connectivity index (χ2n) is 4.47. The van der Waals surface area contributed by atoms with Gasteiger partial charge in [0.2, 0.25) is 0 Å². The minimum absolute atomic E-state index is 0.289. The van der Waals surface area contributed by atoms with Crippen molar-refractivity contribution < 1.29 is 27.9 Å². The SMILES string of the molecule is O=C(O)Cn1cc(C(=O)N(CC(F)(F)F)C2CC2)nn1. The molecule has 0 bridgehead atoms. The van der Waals surface area contributed by atoms with Gasteiger partial charge >= 0.3 is 12.1 Å². The predicted molar refractivity (Wildman–Crippen MR) is 57.8 cm³/mol. The molecule has 1 aromatic heterocycles. The zero-order chi connectivity index (χ0) is 14.9. The molecule has 1 amide bonds. The van der Waals surface area contributed by atoms with Gasteiger partial charge in [0.05, 0.1) is 6.20 Å². The summed E-state index contributed by atoms with van der Waals surface area (Å²) in [4.78, 5) is 23.1. The molecule has 10 heteroatoms. The van der Waals surface area contributed by atoms with Gasteiger partial charge in [-0.3, -0.25) is 9.59 Å². The maximum absolute atomic E-state index is 12.4. The Labute approximate surface area is 111 Å². The van der Waals surface area contributed by atoms with Gasteiger partial charge < -0.3 is 10.0 Å². The van der Waals surface area contributed by atoms with Gasteiger partial charge in [0.25, 0.3) is 5.91 Å². The molecule has 110 valence electrons. The fourth-order valence-electron chi connectivity index (χ4n) is 1.71. The van der Waals surface area contributed by atoms with E-state index in [4.69, 9.17) is 5.11 Å². The first-order valence-electron chi connectivity index (χ1n) is 5.76. The zero-order valence-corrected chi connectivity index (χ0v) is 10.2. The quantitative estimate of drug-likeness (QED) is 0.855. The summed E-state index contributed by atoms with van der Waals surface area (Å²) in [7, 11) is 0. The second kappa shape index (κ2) is 5.10. The first kappa shape index (κ1) is 14.3. The van der Waals surface area contributed by atoms with E-state index in [2.05, 4.69) is 10.3 Å². The highest BCUT2D eigenvalue weighted by atomic mass is 19.4. The molecule has 1 aliphatic carbocycles. The highest BCUT2D eigenvalue weighted by molar-refractivity contribution is 5.92. The summed E-state index contributed by atoms with van der Waals surface area (Å²) >= 11 is 0. The molecule has 0 aromatic carbocycles. The summed E-state index contributed by atoms with van der Waals surface area (Å²) in [5.41, 5.74) is -0.289. The third-order valence-electron chi connectivity index (χ3n) is 2.65. The van der Waals surface area contributed by atoms with E-state index in [0.717, 1.165) is 10.9 Å². The number of carboxylic acid groups (broad SMARTS) is 1. The number of halogens is 3. The maximum atomic E-state index is 12.4. The van der Waals surface area contributed by atoms with Gasteiger partial charge in [0, 0.05) is 6.04 Å². The van der Waals surface area contributed by atoms with E-state index >= 15 is 0 Å². The van der Waals surface area contributed by atoms with Crippen LogP contribution in [0.4, 0.5) is 13.2 Å². The lowest BCUT2D eigenvalue weighted by Crippen LogP contribution is -2.40. The molecule has 2 rings (SSSR count). The normalized spacial score (nSPS) is 15.2. The summed E-state index contributed by atoms with van der Waals surface area (Å²) in [6.45, 7) is -1.86. The van der Waals surface area contributed by atoms with Crippen LogP contribution in [-0.4, -0.2) is 55.6 Å². The van der Waals surface area contributed by atoms with Crippen molar-refractivity contribution in [2.45, 2.75) is 31.6 Å². The van der Waals surface area contributed by atoms with E-state index in [0.29, 0.717) is 17.7 Å². The largest absolute Gasteiger partial charge is 0.480 e. The van der Waals surface area contributed by atoms with Gasteiger partial charge in [-0.05, 0) is 12.8 Å². The molecule has 1 saturated carbocycles. The third-order valence-corrected chi connectivity index (χ3v) is 2.65. The van der Waals surface area contributed by atoms with E-state index in [1.165, 1.54) is 0 Å². The molecular weight excluding hydrogens is 281 g/mol. The Balaban J connectivity index is 2.11. The Morgan fingerprint density at radius 3 is 2.60 bits per heavy atom. The van der Waals surface area contributed by atoms with Crippen LogP contribution in [0, 0.1) is 0 Å². The summed E-state index contributed by atoms with van der Waals surface area (Å²) in [5.74, 6) is -2.08. The van der Waals surface area contributed by atoms with Crippen LogP contribution in [0.1, 0.15) is 23.3 Å². The maximum Gasteiger partial charge on any atom is 0.406 e. The highest BCUT2D eigenvalue weighted by Crippen LogP contribution is 2.31. The van der Waals surface area contributed by atoms with Crippen LogP contribution < -0.4 is 0 Å². The van der Waals surface area contributed by atoms with Crippen LogP contribution in [0.3, 0.4) is 0 Å². The molecule has 0 aliphatic heterocycles. The number of alkyl halides is 3. The van der Waals surface area contributed by atoms with Crippen LogP contribution in [0.5, 0.6) is 0 Å². The van der Waals surface area contributed by atoms with Crippen LogP contribution in [0.25, 0.3) is 0 Å². The van der Waals surface area contributed by atoms with Gasteiger partial charge in [-0.15, -0.1) is 5.10 Å². The van der Waals surface area contributed by atoms with Crippen LogP contribution >= 0.6 is 0 Å². The topological polar surface area (TPSA) is 88.3 Å². The molecule has 20 heavy (non-hydrogen) atoms. The van der Waals surface area contributed by atoms with E-state index < -0.39 is 37.2 Å². The van der Waals surface area contributed by atoms with Gasteiger partial charge in [-0.25, -0.2) is 4.68 Å². The number of aromatic nitrogens is 3. The predicted octanol–water partition coefficient (Wildman–Crippen LogP) is 0.530. The molecule has 1 aliphatic rings. The summed E-state index contributed by atoms with van der Waals surface area (Å²) in [6, 6.07) is -0.436. The lowest BCUT2D eigenvalue weighted by Gasteiger charge is -2.22. The van der Waals surface area contributed by atoms with Crippen molar-refractivity contribution in [2.24, 2.45) is 0 Å². The molecule has 7 nitrogen and oxygen atoms in total. The molecule has 0 spiro atoms. The number of nitrogens with zero attached hydrogens (tertiary/aromatic N) is 4.